The van der Waals surface area contributed by atoms with Crippen molar-refractivity contribution in [3.8, 4) is 6.07 Å². The number of hydrogen-bond donors (Lipinski definition) is 3. The minimum Gasteiger partial charge on any atom is -0.509 e. The number of allylic oxidation sites excluding steroid dienone is 1. The lowest BCUT2D eigenvalue weighted by Crippen LogP contribution is -2.44. The average Bonchev–Trinajstić information content (AvgIpc) is 3.49. The molecule has 3 N–H and O–H groups in total. The SMILES string of the molecule is CC(C)(C)[C@H]1C(O)=C(C2=C(C#N)S(=O)(=O)c3cc(NS(C)(=O)=O)ccc3N2)C(=O)N1CCC1CC1. The molecule has 3 aliphatic rings. The van der Waals surface area contributed by atoms with E-state index in [1.54, 1.807) is 11.0 Å². The van der Waals surface area contributed by atoms with E-state index in [4.69, 9.17) is 0 Å². The maximum Gasteiger partial charge on any atom is 0.260 e. The Bertz CT molecular complexity index is 1420. The molecule has 0 saturated heterocycles. The topological polar surface area (TPSA) is 157 Å². The molecule has 1 fully saturated rings. The number of fused-ring (bicyclic) bond motifs is 1. The van der Waals surface area contributed by atoms with Gasteiger partial charge in [0.05, 0.1) is 28.6 Å². The highest BCUT2D eigenvalue weighted by atomic mass is 32.2. The van der Waals surface area contributed by atoms with Gasteiger partial charge < -0.3 is 15.3 Å². The normalized spacial score (nSPS) is 22.1. The number of amides is 1. The molecule has 1 aliphatic carbocycles. The molecular formula is C23H28N4O6S2. The van der Waals surface area contributed by atoms with Gasteiger partial charge in [-0.3, -0.25) is 9.52 Å². The quantitative estimate of drug-likeness (QED) is 0.517. The number of benzene rings is 1. The zero-order valence-corrected chi connectivity index (χ0v) is 21.5. The monoisotopic (exact) mass is 520 g/mol. The molecule has 4 rings (SSSR count). The molecule has 12 heteroatoms. The van der Waals surface area contributed by atoms with Gasteiger partial charge in [-0.15, -0.1) is 0 Å². The molecule has 0 bridgehead atoms. The van der Waals surface area contributed by atoms with E-state index in [1.807, 2.05) is 20.8 Å². The minimum atomic E-state index is -4.43. The van der Waals surface area contributed by atoms with Gasteiger partial charge in [0.2, 0.25) is 19.9 Å². The Kier molecular flexibility index (Phi) is 5.92. The lowest BCUT2D eigenvalue weighted by Gasteiger charge is -2.35. The lowest BCUT2D eigenvalue weighted by atomic mass is 9.85. The van der Waals surface area contributed by atoms with E-state index in [9.17, 15) is 32.0 Å². The number of sulfonamides is 1. The number of nitriles is 1. The smallest absolute Gasteiger partial charge is 0.260 e. The number of nitrogens with one attached hydrogen (secondary N) is 2. The van der Waals surface area contributed by atoms with Crippen LogP contribution in [0, 0.1) is 22.7 Å². The van der Waals surface area contributed by atoms with E-state index in [-0.39, 0.29) is 33.3 Å². The van der Waals surface area contributed by atoms with Crippen LogP contribution in [0.1, 0.15) is 40.0 Å². The Morgan fingerprint density at radius 3 is 2.49 bits per heavy atom. The number of aliphatic hydroxyl groups excluding tert-OH is 1. The van der Waals surface area contributed by atoms with E-state index >= 15 is 0 Å². The Labute approximate surface area is 205 Å². The van der Waals surface area contributed by atoms with Gasteiger partial charge in [-0.1, -0.05) is 33.6 Å². The third-order valence-corrected chi connectivity index (χ3v) is 8.63. The molecule has 35 heavy (non-hydrogen) atoms. The van der Waals surface area contributed by atoms with Crippen LogP contribution in [0.25, 0.3) is 0 Å². The van der Waals surface area contributed by atoms with Crippen LogP contribution < -0.4 is 10.0 Å². The average molecular weight is 521 g/mol. The predicted molar refractivity (Wildman–Crippen MR) is 130 cm³/mol. The van der Waals surface area contributed by atoms with Crippen molar-refractivity contribution in [2.45, 2.75) is 51.0 Å². The number of nitrogens with zero attached hydrogens (tertiary/aromatic N) is 2. The van der Waals surface area contributed by atoms with Crippen LogP contribution in [0.3, 0.4) is 0 Å². The van der Waals surface area contributed by atoms with Gasteiger partial charge in [-0.2, -0.15) is 5.26 Å². The summed E-state index contributed by atoms with van der Waals surface area (Å²) in [5, 5.41) is 23.9. The molecule has 0 unspecified atom stereocenters. The van der Waals surface area contributed by atoms with Gasteiger partial charge >= 0.3 is 0 Å². The Balaban J connectivity index is 1.82. The number of hydrogen-bond acceptors (Lipinski definition) is 8. The second kappa shape index (κ2) is 8.27. The fraction of sp³-hybridized carbons (Fsp3) is 0.478. The molecule has 1 amide bonds. The summed E-state index contributed by atoms with van der Waals surface area (Å²) in [4.78, 5) is 14.1. The predicted octanol–water partition coefficient (Wildman–Crippen LogP) is 2.86. The maximum atomic E-state index is 13.6. The molecule has 1 aromatic carbocycles. The molecule has 0 spiro atoms. The van der Waals surface area contributed by atoms with Crippen molar-refractivity contribution in [3.05, 3.63) is 40.1 Å². The standard InChI is InChI=1S/C23H28N4O6S2/c1-23(2,3)21-20(28)18(22(29)27(21)10-9-13-5-6-13)19-17(12-24)35(32,33)16-11-14(26-34(4,30)31)7-8-15(16)25-19/h7-8,11,13,21,25-26,28H,5-6,9-10H2,1-4H3/t21-/m1/s1. The molecule has 2 aliphatic heterocycles. The second-order valence-electron chi connectivity index (χ2n) is 10.3. The van der Waals surface area contributed by atoms with Crippen molar-refractivity contribution >= 4 is 37.1 Å². The summed E-state index contributed by atoms with van der Waals surface area (Å²) >= 11 is 0. The number of carbonyl (C=O) groups excluding carboxylic acids is 1. The first-order chi connectivity index (χ1) is 16.1. The molecule has 188 valence electrons. The molecule has 0 aromatic heterocycles. The molecule has 1 saturated carbocycles. The Hall–Kier alpha value is -3.04. The van der Waals surface area contributed by atoms with Crippen molar-refractivity contribution in [1.82, 2.24) is 4.90 Å². The first-order valence-electron chi connectivity index (χ1n) is 11.2. The summed E-state index contributed by atoms with van der Waals surface area (Å²) in [7, 11) is -8.09. The van der Waals surface area contributed by atoms with E-state index in [0.29, 0.717) is 12.5 Å². The van der Waals surface area contributed by atoms with Gasteiger partial charge in [0.25, 0.3) is 5.91 Å². The minimum absolute atomic E-state index is 0.00965. The second-order valence-corrected chi connectivity index (χ2v) is 13.9. The molecule has 1 aromatic rings. The van der Waals surface area contributed by atoms with E-state index < -0.39 is 42.1 Å². The van der Waals surface area contributed by atoms with E-state index in [2.05, 4.69) is 10.0 Å². The van der Waals surface area contributed by atoms with Gasteiger partial charge in [0.1, 0.15) is 17.4 Å². The highest BCUT2D eigenvalue weighted by Gasteiger charge is 2.49. The van der Waals surface area contributed by atoms with Crippen molar-refractivity contribution < 1.29 is 26.7 Å². The summed E-state index contributed by atoms with van der Waals surface area (Å²) in [6.45, 7) is 6.05. The number of rotatable bonds is 6. The number of aliphatic hydroxyl groups is 1. The van der Waals surface area contributed by atoms with Gasteiger partial charge in [-0.25, -0.2) is 16.8 Å². The fourth-order valence-corrected chi connectivity index (χ4v) is 6.59. The molecule has 0 radical (unpaired) electrons. The summed E-state index contributed by atoms with van der Waals surface area (Å²) in [6.07, 6.45) is 3.92. The molecule has 1 atom stereocenters. The van der Waals surface area contributed by atoms with Crippen LogP contribution in [-0.4, -0.2) is 51.6 Å². The van der Waals surface area contributed by atoms with Crippen molar-refractivity contribution in [3.63, 3.8) is 0 Å². The molecule has 10 nitrogen and oxygen atoms in total. The van der Waals surface area contributed by atoms with Crippen LogP contribution in [0.15, 0.2) is 45.0 Å². The number of anilines is 2. The number of carbonyl (C=O) groups is 1. The third kappa shape index (κ3) is 4.62. The Morgan fingerprint density at radius 2 is 1.94 bits per heavy atom. The third-order valence-electron chi connectivity index (χ3n) is 6.28. The lowest BCUT2D eigenvalue weighted by molar-refractivity contribution is -0.128. The highest BCUT2D eigenvalue weighted by Crippen LogP contribution is 2.44. The van der Waals surface area contributed by atoms with Crippen LogP contribution in [-0.2, 0) is 24.7 Å². The van der Waals surface area contributed by atoms with Crippen LogP contribution in [0.5, 0.6) is 0 Å². The molecular weight excluding hydrogens is 492 g/mol. The zero-order valence-electron chi connectivity index (χ0n) is 19.9. The van der Waals surface area contributed by atoms with Crippen molar-refractivity contribution in [2.75, 3.05) is 22.8 Å². The maximum absolute atomic E-state index is 13.6. The Morgan fingerprint density at radius 1 is 1.29 bits per heavy atom. The zero-order chi connectivity index (χ0) is 25.9. The van der Waals surface area contributed by atoms with Crippen molar-refractivity contribution in [2.24, 2.45) is 11.3 Å². The van der Waals surface area contributed by atoms with Crippen molar-refractivity contribution in [1.29, 1.82) is 5.26 Å². The first kappa shape index (κ1) is 25.1. The largest absolute Gasteiger partial charge is 0.509 e. The van der Waals surface area contributed by atoms with Gasteiger partial charge in [0, 0.05) is 12.2 Å². The number of sulfone groups is 1. The summed E-state index contributed by atoms with van der Waals surface area (Å²) in [5.74, 6) is -0.270. The van der Waals surface area contributed by atoms with Crippen LogP contribution in [0.4, 0.5) is 11.4 Å². The first-order valence-corrected chi connectivity index (χ1v) is 14.6. The fourth-order valence-electron chi connectivity index (χ4n) is 4.58. The molecule has 2 heterocycles. The van der Waals surface area contributed by atoms with Gasteiger partial charge in [-0.05, 0) is 36.0 Å². The summed E-state index contributed by atoms with van der Waals surface area (Å²) < 4.78 is 52.1. The van der Waals surface area contributed by atoms with Crippen LogP contribution in [0.2, 0.25) is 0 Å². The van der Waals surface area contributed by atoms with E-state index in [1.165, 1.54) is 12.1 Å². The highest BCUT2D eigenvalue weighted by molar-refractivity contribution is 7.96. The summed E-state index contributed by atoms with van der Waals surface area (Å²) in [5.41, 5.74) is -0.972. The summed E-state index contributed by atoms with van der Waals surface area (Å²) in [6, 6.07) is 4.81. The van der Waals surface area contributed by atoms with Gasteiger partial charge in [0.15, 0.2) is 4.91 Å². The van der Waals surface area contributed by atoms with Crippen LogP contribution >= 0.6 is 0 Å². The van der Waals surface area contributed by atoms with E-state index in [0.717, 1.165) is 31.6 Å².